The Morgan fingerprint density at radius 3 is 1.77 bits per heavy atom. The molecule has 222 valence electrons. The van der Waals surface area contributed by atoms with E-state index in [2.05, 4.69) is 150 Å². The van der Waals surface area contributed by atoms with Crippen LogP contribution in [0.3, 0.4) is 0 Å². The van der Waals surface area contributed by atoms with E-state index >= 15 is 0 Å². The third kappa shape index (κ3) is 4.86. The quantitative estimate of drug-likeness (QED) is 0.195. The van der Waals surface area contributed by atoms with Gasteiger partial charge in [0.05, 0.1) is 5.39 Å². The van der Waals surface area contributed by atoms with Crippen molar-refractivity contribution in [1.29, 1.82) is 0 Å². The summed E-state index contributed by atoms with van der Waals surface area (Å²) in [6, 6.07) is 61.5. The zero-order valence-corrected chi connectivity index (χ0v) is 25.5. The summed E-state index contributed by atoms with van der Waals surface area (Å²) in [6.07, 6.45) is 0. The van der Waals surface area contributed by atoms with E-state index in [0.29, 0.717) is 11.5 Å². The molecule has 1 aliphatic rings. The Hall–Kier alpha value is -6.32. The van der Waals surface area contributed by atoms with Crippen LogP contribution in [-0.2, 0) is 0 Å². The van der Waals surface area contributed by atoms with Crippen molar-refractivity contribution in [3.63, 3.8) is 0 Å². The molecule has 0 bridgehead atoms. The topological polar surface area (TPSA) is 21.7 Å². The summed E-state index contributed by atoms with van der Waals surface area (Å²) in [5.41, 5.74) is 7.80. The van der Waals surface area contributed by atoms with Gasteiger partial charge in [-0.05, 0) is 99.1 Å². The second kappa shape index (κ2) is 11.2. The smallest absolute Gasteiger partial charge is 0.170 e. The molecule has 0 unspecified atom stereocenters. The maximum atomic E-state index is 6.49. The number of para-hydroxylation sites is 1. The molecule has 8 aromatic rings. The summed E-state index contributed by atoms with van der Waals surface area (Å²) < 4.78 is 12.9. The Morgan fingerprint density at radius 2 is 0.936 bits per heavy atom. The zero-order chi connectivity index (χ0) is 31.2. The number of hydrogen-bond donors (Lipinski definition) is 0. The van der Waals surface area contributed by atoms with Crippen LogP contribution in [0.25, 0.3) is 43.8 Å². The van der Waals surface area contributed by atoms with Crippen molar-refractivity contribution in [2.45, 2.75) is 0 Å². The van der Waals surface area contributed by atoms with Gasteiger partial charge in [0.2, 0.25) is 0 Å². The highest BCUT2D eigenvalue weighted by Crippen LogP contribution is 2.47. The summed E-state index contributed by atoms with van der Waals surface area (Å²) in [5.74, 6) is 2.99. The van der Waals surface area contributed by atoms with Gasteiger partial charge < -0.3 is 14.4 Å². The Balaban J connectivity index is 1.10. The molecular weight excluding hydrogens is 574 g/mol. The predicted octanol–water partition coefficient (Wildman–Crippen LogP) is 12.7. The molecule has 0 saturated heterocycles. The molecule has 3 nitrogen and oxygen atoms in total. The summed E-state index contributed by atoms with van der Waals surface area (Å²) in [5, 5.41) is 4.57. The first-order valence-electron chi connectivity index (χ1n) is 15.8. The van der Waals surface area contributed by atoms with Gasteiger partial charge in [0.25, 0.3) is 0 Å². The lowest BCUT2D eigenvalue weighted by Gasteiger charge is -2.26. The standard InChI is InChI=1S/C44H29NO2/c1-2-15-35(16-3-1)45(36-25-22-31(23-26-36)39-19-7-11-30-10-4-5-18-38(30)39)37-17-6-14-33(28-37)34-24-27-40-43(29-34)47-42-21-9-13-32-12-8-20-41(46-40)44(32)42/h1-29H. The normalized spacial score (nSPS) is 11.7. The van der Waals surface area contributed by atoms with Crippen molar-refractivity contribution in [2.75, 3.05) is 4.90 Å². The largest absolute Gasteiger partial charge is 0.453 e. The van der Waals surface area contributed by atoms with E-state index in [1.165, 1.54) is 21.9 Å². The van der Waals surface area contributed by atoms with Gasteiger partial charge in [-0.25, -0.2) is 0 Å². The first kappa shape index (κ1) is 27.0. The zero-order valence-electron chi connectivity index (χ0n) is 25.5. The summed E-state index contributed by atoms with van der Waals surface area (Å²) in [6.45, 7) is 0. The Labute approximate surface area is 273 Å². The number of nitrogens with zero attached hydrogens (tertiary/aromatic N) is 1. The van der Waals surface area contributed by atoms with Gasteiger partial charge in [-0.15, -0.1) is 0 Å². The van der Waals surface area contributed by atoms with Crippen molar-refractivity contribution in [1.82, 2.24) is 0 Å². The molecule has 47 heavy (non-hydrogen) atoms. The van der Waals surface area contributed by atoms with E-state index in [1.807, 2.05) is 30.3 Å². The number of anilines is 3. The van der Waals surface area contributed by atoms with E-state index in [4.69, 9.17) is 9.47 Å². The second-order valence-electron chi connectivity index (χ2n) is 11.8. The fraction of sp³-hybridized carbons (Fsp3) is 0. The minimum atomic E-state index is 0.695. The molecule has 0 saturated carbocycles. The SMILES string of the molecule is c1ccc(N(c2ccc(-c3cccc4ccccc34)cc2)c2cccc(-c3ccc4c(c3)Oc3cccc5cccc(c35)O4)c2)cc1. The molecule has 0 radical (unpaired) electrons. The third-order valence-corrected chi connectivity index (χ3v) is 8.89. The molecule has 0 N–H and O–H groups in total. The van der Waals surface area contributed by atoms with Gasteiger partial charge in [0.1, 0.15) is 11.5 Å². The lowest BCUT2D eigenvalue weighted by atomic mass is 9.98. The molecule has 0 aromatic heterocycles. The number of hydrogen-bond acceptors (Lipinski definition) is 3. The van der Waals surface area contributed by atoms with Gasteiger partial charge in [-0.1, -0.05) is 115 Å². The van der Waals surface area contributed by atoms with Crippen LogP contribution in [0.2, 0.25) is 0 Å². The molecule has 0 amide bonds. The van der Waals surface area contributed by atoms with E-state index in [-0.39, 0.29) is 0 Å². The van der Waals surface area contributed by atoms with Gasteiger partial charge in [0, 0.05) is 17.1 Å². The maximum Gasteiger partial charge on any atom is 0.170 e. The van der Waals surface area contributed by atoms with Crippen LogP contribution >= 0.6 is 0 Å². The van der Waals surface area contributed by atoms with E-state index in [0.717, 1.165) is 50.5 Å². The lowest BCUT2D eigenvalue weighted by Crippen LogP contribution is -2.09. The molecule has 1 heterocycles. The Morgan fingerprint density at radius 1 is 0.340 bits per heavy atom. The van der Waals surface area contributed by atoms with Crippen LogP contribution in [0.1, 0.15) is 0 Å². The third-order valence-electron chi connectivity index (χ3n) is 8.89. The average Bonchev–Trinajstić information content (AvgIpc) is 3.30. The second-order valence-corrected chi connectivity index (χ2v) is 11.8. The van der Waals surface area contributed by atoms with Crippen LogP contribution in [0.4, 0.5) is 17.1 Å². The average molecular weight is 604 g/mol. The molecule has 9 rings (SSSR count). The monoisotopic (exact) mass is 603 g/mol. The first-order valence-corrected chi connectivity index (χ1v) is 15.8. The highest BCUT2D eigenvalue weighted by Gasteiger charge is 2.20. The van der Waals surface area contributed by atoms with Crippen LogP contribution in [0.15, 0.2) is 176 Å². The Bertz CT molecular complexity index is 2400. The van der Waals surface area contributed by atoms with Gasteiger partial charge in [0.15, 0.2) is 11.5 Å². The minimum absolute atomic E-state index is 0.695. The predicted molar refractivity (Wildman–Crippen MR) is 194 cm³/mol. The number of ether oxygens (including phenoxy) is 2. The maximum absolute atomic E-state index is 6.49. The summed E-state index contributed by atoms with van der Waals surface area (Å²) >= 11 is 0. The minimum Gasteiger partial charge on any atom is -0.453 e. The highest BCUT2D eigenvalue weighted by atomic mass is 16.5. The molecule has 3 heteroatoms. The molecule has 0 aliphatic carbocycles. The first-order chi connectivity index (χ1) is 23.3. The fourth-order valence-electron chi connectivity index (χ4n) is 6.65. The molecule has 8 aromatic carbocycles. The number of rotatable bonds is 5. The lowest BCUT2D eigenvalue weighted by molar-refractivity contribution is 0.439. The van der Waals surface area contributed by atoms with E-state index in [1.54, 1.807) is 0 Å². The van der Waals surface area contributed by atoms with E-state index < -0.39 is 0 Å². The van der Waals surface area contributed by atoms with Crippen LogP contribution in [0, 0.1) is 0 Å². The van der Waals surface area contributed by atoms with Crippen molar-refractivity contribution in [3.8, 4) is 45.3 Å². The van der Waals surface area contributed by atoms with Crippen LogP contribution < -0.4 is 14.4 Å². The molecule has 0 spiro atoms. The number of benzene rings is 8. The molecule has 0 atom stereocenters. The summed E-state index contributed by atoms with van der Waals surface area (Å²) in [4.78, 5) is 2.30. The molecular formula is C44H29NO2. The van der Waals surface area contributed by atoms with Crippen molar-refractivity contribution in [3.05, 3.63) is 176 Å². The Kier molecular flexibility index (Phi) is 6.46. The summed E-state index contributed by atoms with van der Waals surface area (Å²) in [7, 11) is 0. The number of fused-ring (bicyclic) bond motifs is 2. The van der Waals surface area contributed by atoms with Gasteiger partial charge in [-0.3, -0.25) is 0 Å². The fourth-order valence-corrected chi connectivity index (χ4v) is 6.65. The van der Waals surface area contributed by atoms with Gasteiger partial charge in [-0.2, -0.15) is 0 Å². The molecule has 1 aliphatic heterocycles. The highest BCUT2D eigenvalue weighted by molar-refractivity contribution is 5.97. The van der Waals surface area contributed by atoms with Crippen molar-refractivity contribution >= 4 is 38.6 Å². The van der Waals surface area contributed by atoms with Crippen molar-refractivity contribution in [2.24, 2.45) is 0 Å². The van der Waals surface area contributed by atoms with Crippen molar-refractivity contribution < 1.29 is 9.47 Å². The van der Waals surface area contributed by atoms with Crippen LogP contribution in [-0.4, -0.2) is 0 Å². The van der Waals surface area contributed by atoms with E-state index in [9.17, 15) is 0 Å². The molecule has 0 fully saturated rings. The van der Waals surface area contributed by atoms with Crippen LogP contribution in [0.5, 0.6) is 23.0 Å². The van der Waals surface area contributed by atoms with Gasteiger partial charge >= 0.3 is 0 Å².